The van der Waals surface area contributed by atoms with Crippen molar-refractivity contribution < 1.29 is 14.0 Å². The van der Waals surface area contributed by atoms with Crippen LogP contribution in [0, 0.1) is 5.92 Å². The molecule has 0 unspecified atom stereocenters. The van der Waals surface area contributed by atoms with Gasteiger partial charge in [-0.05, 0) is 48.1 Å². The predicted molar refractivity (Wildman–Crippen MR) is 128 cm³/mol. The fraction of sp³-hybridized carbons (Fsp3) is 0.259. The van der Waals surface area contributed by atoms with Gasteiger partial charge in [-0.25, -0.2) is 4.79 Å². The molecule has 3 aromatic rings. The quantitative estimate of drug-likeness (QED) is 0.523. The third-order valence-corrected chi connectivity index (χ3v) is 5.95. The summed E-state index contributed by atoms with van der Waals surface area (Å²) in [4.78, 5) is 26.9. The average Bonchev–Trinajstić information content (AvgIpc) is 3.40. The van der Waals surface area contributed by atoms with E-state index in [-0.39, 0.29) is 18.0 Å². The molecule has 2 aromatic carbocycles. The minimum atomic E-state index is -0.215. The Morgan fingerprint density at radius 1 is 0.939 bits per heavy atom. The Morgan fingerprint density at radius 3 is 2.15 bits per heavy atom. The maximum absolute atomic E-state index is 12.7. The highest BCUT2D eigenvalue weighted by atomic mass is 16.3. The number of nitrogens with one attached hydrogen (secondary N) is 2. The molecule has 1 fully saturated rings. The molecular weight excluding hydrogens is 414 g/mol. The molecule has 1 saturated heterocycles. The van der Waals surface area contributed by atoms with Crippen LogP contribution in [0.1, 0.15) is 35.8 Å². The number of amides is 3. The Hall–Kier alpha value is -3.80. The van der Waals surface area contributed by atoms with Crippen LogP contribution in [-0.4, -0.2) is 36.5 Å². The summed E-state index contributed by atoms with van der Waals surface area (Å²) in [5.74, 6) is 1.00. The number of urea groups is 1. The summed E-state index contributed by atoms with van der Waals surface area (Å²) in [6.45, 7) is 1.96. The highest BCUT2D eigenvalue weighted by molar-refractivity contribution is 5.91. The van der Waals surface area contributed by atoms with Crippen molar-refractivity contribution in [1.29, 1.82) is 0 Å². The zero-order valence-electron chi connectivity index (χ0n) is 18.5. The zero-order valence-corrected chi connectivity index (χ0v) is 18.5. The monoisotopic (exact) mass is 443 g/mol. The van der Waals surface area contributed by atoms with Crippen LogP contribution in [0.5, 0.6) is 0 Å². The molecule has 2 heterocycles. The average molecular weight is 444 g/mol. The summed E-state index contributed by atoms with van der Waals surface area (Å²) >= 11 is 0. The number of nitrogens with zero attached hydrogens (tertiary/aromatic N) is 1. The van der Waals surface area contributed by atoms with Gasteiger partial charge in [0.2, 0.25) is 5.91 Å². The largest absolute Gasteiger partial charge is 0.465 e. The number of carbonyl (C=O) groups excluding carboxylic acids is 2. The number of hydrogen-bond donors (Lipinski definition) is 2. The molecular formula is C27H29N3O3. The summed E-state index contributed by atoms with van der Waals surface area (Å²) in [5.41, 5.74) is 2.07. The number of rotatable bonds is 7. The van der Waals surface area contributed by atoms with Crippen LogP contribution in [0.4, 0.5) is 4.79 Å². The number of piperidine rings is 1. The van der Waals surface area contributed by atoms with E-state index in [4.69, 9.17) is 4.42 Å². The number of furan rings is 1. The third-order valence-electron chi connectivity index (χ3n) is 5.95. The summed E-state index contributed by atoms with van der Waals surface area (Å²) in [6, 6.07) is 23.1. The van der Waals surface area contributed by atoms with E-state index in [1.165, 1.54) is 0 Å². The lowest BCUT2D eigenvalue weighted by molar-refractivity contribution is -0.127. The van der Waals surface area contributed by atoms with Crippen LogP contribution in [0.15, 0.2) is 89.6 Å². The lowest BCUT2D eigenvalue weighted by Crippen LogP contribution is -2.44. The maximum atomic E-state index is 12.7. The van der Waals surface area contributed by atoms with Gasteiger partial charge in [0.1, 0.15) is 5.76 Å². The second-order valence-corrected chi connectivity index (χ2v) is 8.23. The summed E-state index contributed by atoms with van der Waals surface area (Å²) in [5, 5.41) is 6.14. The van der Waals surface area contributed by atoms with Gasteiger partial charge in [-0.3, -0.25) is 4.79 Å². The molecule has 0 bridgehead atoms. The van der Waals surface area contributed by atoms with Gasteiger partial charge in [-0.1, -0.05) is 60.7 Å². The Morgan fingerprint density at radius 2 is 1.58 bits per heavy atom. The topological polar surface area (TPSA) is 74.6 Å². The molecule has 6 heteroatoms. The molecule has 0 radical (unpaired) electrons. The van der Waals surface area contributed by atoms with Gasteiger partial charge in [0.25, 0.3) is 0 Å². The van der Waals surface area contributed by atoms with Crippen molar-refractivity contribution in [3.05, 3.63) is 102 Å². The first-order chi connectivity index (χ1) is 16.2. The Labute approximate surface area is 194 Å². The summed E-state index contributed by atoms with van der Waals surface area (Å²) < 4.78 is 5.22. The van der Waals surface area contributed by atoms with E-state index in [9.17, 15) is 9.59 Å². The van der Waals surface area contributed by atoms with Crippen molar-refractivity contribution in [2.45, 2.75) is 18.9 Å². The van der Waals surface area contributed by atoms with Crippen molar-refractivity contribution in [2.24, 2.45) is 5.92 Å². The Bertz CT molecular complexity index is 1000. The highest BCUT2D eigenvalue weighted by Crippen LogP contribution is 2.22. The fourth-order valence-corrected chi connectivity index (χ4v) is 4.07. The molecule has 1 aliphatic heterocycles. The molecule has 0 saturated carbocycles. The van der Waals surface area contributed by atoms with Crippen LogP contribution in [0.2, 0.25) is 0 Å². The molecule has 6 nitrogen and oxygen atoms in total. The number of carbonyl (C=O) groups is 2. The number of likely N-dealkylation sites (tertiary alicyclic amines) is 1. The zero-order chi connectivity index (χ0) is 22.9. The highest BCUT2D eigenvalue weighted by Gasteiger charge is 2.23. The van der Waals surface area contributed by atoms with Gasteiger partial charge < -0.3 is 20.0 Å². The smallest absolute Gasteiger partial charge is 0.315 e. The maximum Gasteiger partial charge on any atom is 0.315 e. The van der Waals surface area contributed by atoms with Gasteiger partial charge >= 0.3 is 6.03 Å². The van der Waals surface area contributed by atoms with E-state index >= 15 is 0 Å². The van der Waals surface area contributed by atoms with Gasteiger partial charge in [-0.2, -0.15) is 0 Å². The SMILES string of the molecule is O=C(NCC1CCN(C(=O)C=Cc2ccco2)CC1)NC(c1ccccc1)c1ccccc1. The molecule has 0 atom stereocenters. The molecule has 4 rings (SSSR count). The fourth-order valence-electron chi connectivity index (χ4n) is 4.07. The Balaban J connectivity index is 1.25. The van der Waals surface area contributed by atoms with E-state index in [2.05, 4.69) is 10.6 Å². The van der Waals surface area contributed by atoms with Crippen LogP contribution >= 0.6 is 0 Å². The molecule has 0 aliphatic carbocycles. The van der Waals surface area contributed by atoms with Crippen LogP contribution in [-0.2, 0) is 4.79 Å². The van der Waals surface area contributed by atoms with Gasteiger partial charge in [-0.15, -0.1) is 0 Å². The van der Waals surface area contributed by atoms with Gasteiger partial charge in [0, 0.05) is 25.7 Å². The predicted octanol–water partition coefficient (Wildman–Crippen LogP) is 4.62. The van der Waals surface area contributed by atoms with Crippen molar-refractivity contribution >= 4 is 18.0 Å². The molecule has 2 N–H and O–H groups in total. The van der Waals surface area contributed by atoms with Crippen molar-refractivity contribution in [3.8, 4) is 0 Å². The molecule has 170 valence electrons. The van der Waals surface area contributed by atoms with E-state index < -0.39 is 0 Å². The summed E-state index contributed by atoms with van der Waals surface area (Å²) in [7, 11) is 0. The third kappa shape index (κ3) is 6.35. The summed E-state index contributed by atoms with van der Waals surface area (Å²) in [6.07, 6.45) is 6.55. The normalized spacial score (nSPS) is 14.5. The molecule has 1 aliphatic rings. The first-order valence-corrected chi connectivity index (χ1v) is 11.3. The van der Waals surface area contributed by atoms with Crippen molar-refractivity contribution in [1.82, 2.24) is 15.5 Å². The van der Waals surface area contributed by atoms with Gasteiger partial charge in [0.05, 0.1) is 12.3 Å². The van der Waals surface area contributed by atoms with Crippen molar-refractivity contribution in [3.63, 3.8) is 0 Å². The lowest BCUT2D eigenvalue weighted by atomic mass is 9.96. The minimum Gasteiger partial charge on any atom is -0.465 e. The van der Waals surface area contributed by atoms with Crippen LogP contribution in [0.25, 0.3) is 6.08 Å². The Kier molecular flexibility index (Phi) is 7.59. The van der Waals surface area contributed by atoms with Crippen LogP contribution in [0.3, 0.4) is 0 Å². The molecule has 1 aromatic heterocycles. The second-order valence-electron chi connectivity index (χ2n) is 8.23. The molecule has 3 amide bonds. The standard InChI is InChI=1S/C27H29N3O3/c31-25(14-13-24-12-7-19-33-24)30-17-15-21(16-18-30)20-28-27(32)29-26(22-8-3-1-4-9-22)23-10-5-2-6-11-23/h1-14,19,21,26H,15-18,20H2,(H2,28,29,32). The van der Waals surface area contributed by atoms with E-state index in [1.54, 1.807) is 24.5 Å². The molecule has 33 heavy (non-hydrogen) atoms. The van der Waals surface area contributed by atoms with E-state index in [1.807, 2.05) is 71.6 Å². The first kappa shape index (κ1) is 22.4. The van der Waals surface area contributed by atoms with E-state index in [0.29, 0.717) is 31.3 Å². The van der Waals surface area contributed by atoms with Gasteiger partial charge in [0.15, 0.2) is 0 Å². The first-order valence-electron chi connectivity index (χ1n) is 11.3. The van der Waals surface area contributed by atoms with Crippen LogP contribution < -0.4 is 10.6 Å². The second kappa shape index (κ2) is 11.2. The number of hydrogen-bond acceptors (Lipinski definition) is 3. The number of benzene rings is 2. The molecule has 0 spiro atoms. The minimum absolute atomic E-state index is 0.0101. The van der Waals surface area contributed by atoms with Crippen molar-refractivity contribution in [2.75, 3.05) is 19.6 Å². The lowest BCUT2D eigenvalue weighted by Gasteiger charge is -2.31. The van der Waals surface area contributed by atoms with E-state index in [0.717, 1.165) is 24.0 Å².